The van der Waals surface area contributed by atoms with Crippen LogP contribution in [-0.2, 0) is 6.54 Å². The van der Waals surface area contributed by atoms with Crippen molar-refractivity contribution in [3.8, 4) is 0 Å². The number of aryl methyl sites for hydroxylation is 1. The fraction of sp³-hybridized carbons (Fsp3) is 0.412. The molecule has 1 aliphatic rings. The van der Waals surface area contributed by atoms with Gasteiger partial charge in [0.15, 0.2) is 0 Å². The second-order valence-corrected chi connectivity index (χ2v) is 5.58. The number of furan rings is 1. The van der Waals surface area contributed by atoms with Gasteiger partial charge in [-0.05, 0) is 49.6 Å². The molecule has 0 atom stereocenters. The maximum atomic E-state index is 5.46. The van der Waals surface area contributed by atoms with E-state index in [0.717, 1.165) is 31.4 Å². The molecule has 0 spiro atoms. The van der Waals surface area contributed by atoms with Gasteiger partial charge in [0, 0.05) is 24.8 Å². The fourth-order valence-corrected chi connectivity index (χ4v) is 2.53. The molecule has 20 heavy (non-hydrogen) atoms. The van der Waals surface area contributed by atoms with Gasteiger partial charge in [0.1, 0.15) is 5.76 Å². The third-order valence-corrected chi connectivity index (χ3v) is 3.75. The molecule has 3 heteroatoms. The standard InChI is InChI=1S/C17H22N2O/c1-14-4-2-5-15(12-14)18-9-10-19(16-7-8-16)13-17-6-3-11-20-17/h2-6,11-12,16,18H,7-10,13H2,1H3. The summed E-state index contributed by atoms with van der Waals surface area (Å²) in [6, 6.07) is 13.3. The number of hydrogen-bond donors (Lipinski definition) is 1. The Morgan fingerprint density at radius 1 is 1.25 bits per heavy atom. The molecule has 3 rings (SSSR count). The molecule has 106 valence electrons. The lowest BCUT2D eigenvalue weighted by atomic mass is 10.2. The van der Waals surface area contributed by atoms with Crippen LogP contribution in [0.5, 0.6) is 0 Å². The van der Waals surface area contributed by atoms with Crippen LogP contribution in [0.1, 0.15) is 24.2 Å². The lowest BCUT2D eigenvalue weighted by molar-refractivity contribution is 0.242. The molecule has 1 N–H and O–H groups in total. The zero-order valence-electron chi connectivity index (χ0n) is 12.0. The van der Waals surface area contributed by atoms with E-state index in [9.17, 15) is 0 Å². The number of hydrogen-bond acceptors (Lipinski definition) is 3. The Morgan fingerprint density at radius 2 is 2.15 bits per heavy atom. The summed E-state index contributed by atoms with van der Waals surface area (Å²) < 4.78 is 5.46. The van der Waals surface area contributed by atoms with Gasteiger partial charge in [0.05, 0.1) is 12.8 Å². The van der Waals surface area contributed by atoms with E-state index in [2.05, 4.69) is 47.5 Å². The molecule has 0 amide bonds. The van der Waals surface area contributed by atoms with E-state index < -0.39 is 0 Å². The Balaban J connectivity index is 1.50. The van der Waals surface area contributed by atoms with E-state index >= 15 is 0 Å². The van der Waals surface area contributed by atoms with Gasteiger partial charge in [0.25, 0.3) is 0 Å². The SMILES string of the molecule is Cc1cccc(NCCN(Cc2ccco2)C2CC2)c1. The van der Waals surface area contributed by atoms with E-state index in [0.29, 0.717) is 0 Å². The highest BCUT2D eigenvalue weighted by atomic mass is 16.3. The summed E-state index contributed by atoms with van der Waals surface area (Å²) in [6.45, 7) is 5.08. The third-order valence-electron chi connectivity index (χ3n) is 3.75. The van der Waals surface area contributed by atoms with Crippen molar-refractivity contribution in [1.29, 1.82) is 0 Å². The molecule has 1 aromatic carbocycles. The van der Waals surface area contributed by atoms with Crippen molar-refractivity contribution in [3.05, 3.63) is 54.0 Å². The topological polar surface area (TPSA) is 28.4 Å². The van der Waals surface area contributed by atoms with Crippen LogP contribution >= 0.6 is 0 Å². The Kier molecular flexibility index (Phi) is 4.07. The van der Waals surface area contributed by atoms with Crippen molar-refractivity contribution < 1.29 is 4.42 Å². The van der Waals surface area contributed by atoms with E-state index in [1.54, 1.807) is 6.26 Å². The van der Waals surface area contributed by atoms with E-state index in [1.807, 2.05) is 6.07 Å². The first kappa shape index (κ1) is 13.3. The largest absolute Gasteiger partial charge is 0.468 e. The molecule has 2 aromatic rings. The number of nitrogens with zero attached hydrogens (tertiary/aromatic N) is 1. The zero-order chi connectivity index (χ0) is 13.8. The molecule has 0 aliphatic heterocycles. The normalized spacial score (nSPS) is 14.7. The highest BCUT2D eigenvalue weighted by molar-refractivity contribution is 5.45. The van der Waals surface area contributed by atoms with Crippen molar-refractivity contribution >= 4 is 5.69 Å². The number of nitrogens with one attached hydrogen (secondary N) is 1. The summed E-state index contributed by atoms with van der Waals surface area (Å²) in [5.74, 6) is 1.06. The summed E-state index contributed by atoms with van der Waals surface area (Å²) in [4.78, 5) is 2.52. The van der Waals surface area contributed by atoms with E-state index in [-0.39, 0.29) is 0 Å². The van der Waals surface area contributed by atoms with Crippen LogP contribution in [0.25, 0.3) is 0 Å². The minimum atomic E-state index is 0.749. The minimum absolute atomic E-state index is 0.749. The Bertz CT molecular complexity index is 532. The maximum Gasteiger partial charge on any atom is 0.117 e. The second-order valence-electron chi connectivity index (χ2n) is 5.58. The molecular weight excluding hydrogens is 248 g/mol. The van der Waals surface area contributed by atoms with Crippen molar-refractivity contribution in [2.24, 2.45) is 0 Å². The molecular formula is C17H22N2O. The molecule has 1 saturated carbocycles. The summed E-state index contributed by atoms with van der Waals surface area (Å²) in [6.07, 6.45) is 4.40. The zero-order valence-corrected chi connectivity index (χ0v) is 12.0. The highest BCUT2D eigenvalue weighted by Gasteiger charge is 2.28. The number of rotatable bonds is 7. The molecule has 0 radical (unpaired) electrons. The van der Waals surface area contributed by atoms with Crippen LogP contribution in [0.2, 0.25) is 0 Å². The first-order valence-electron chi connectivity index (χ1n) is 7.38. The molecule has 1 aliphatic carbocycles. The molecule has 0 bridgehead atoms. The molecule has 0 saturated heterocycles. The van der Waals surface area contributed by atoms with Crippen molar-refractivity contribution in [1.82, 2.24) is 4.90 Å². The molecule has 1 aromatic heterocycles. The van der Waals surface area contributed by atoms with E-state index in [4.69, 9.17) is 4.42 Å². The second kappa shape index (κ2) is 6.14. The van der Waals surface area contributed by atoms with Crippen molar-refractivity contribution in [3.63, 3.8) is 0 Å². The predicted octanol–water partition coefficient (Wildman–Crippen LogP) is 3.66. The van der Waals surface area contributed by atoms with Crippen LogP contribution in [0.15, 0.2) is 47.1 Å². The monoisotopic (exact) mass is 270 g/mol. The van der Waals surface area contributed by atoms with Gasteiger partial charge in [-0.1, -0.05) is 12.1 Å². The van der Waals surface area contributed by atoms with Crippen LogP contribution in [0.4, 0.5) is 5.69 Å². The van der Waals surface area contributed by atoms with Gasteiger partial charge < -0.3 is 9.73 Å². The number of anilines is 1. The Morgan fingerprint density at radius 3 is 2.85 bits per heavy atom. The van der Waals surface area contributed by atoms with Crippen molar-refractivity contribution in [2.75, 3.05) is 18.4 Å². The lowest BCUT2D eigenvalue weighted by Gasteiger charge is -2.21. The van der Waals surface area contributed by atoms with Crippen molar-refractivity contribution in [2.45, 2.75) is 32.4 Å². The molecule has 3 nitrogen and oxygen atoms in total. The summed E-state index contributed by atoms with van der Waals surface area (Å²) in [5, 5.41) is 3.51. The van der Waals surface area contributed by atoms with E-state index in [1.165, 1.54) is 24.1 Å². The molecule has 1 heterocycles. The van der Waals surface area contributed by atoms with Crippen LogP contribution in [0.3, 0.4) is 0 Å². The molecule has 0 unspecified atom stereocenters. The minimum Gasteiger partial charge on any atom is -0.468 e. The predicted molar refractivity (Wildman–Crippen MR) is 81.8 cm³/mol. The first-order chi connectivity index (χ1) is 9.81. The highest BCUT2D eigenvalue weighted by Crippen LogP contribution is 2.28. The van der Waals surface area contributed by atoms with Gasteiger partial charge in [-0.25, -0.2) is 0 Å². The van der Waals surface area contributed by atoms with Gasteiger partial charge in [-0.15, -0.1) is 0 Å². The smallest absolute Gasteiger partial charge is 0.117 e. The van der Waals surface area contributed by atoms with Gasteiger partial charge >= 0.3 is 0 Å². The summed E-state index contributed by atoms with van der Waals surface area (Å²) >= 11 is 0. The van der Waals surface area contributed by atoms with Crippen LogP contribution < -0.4 is 5.32 Å². The summed E-state index contributed by atoms with van der Waals surface area (Å²) in [5.41, 5.74) is 2.50. The first-order valence-corrected chi connectivity index (χ1v) is 7.38. The Labute approximate surface area is 120 Å². The fourth-order valence-electron chi connectivity index (χ4n) is 2.53. The number of benzene rings is 1. The summed E-state index contributed by atoms with van der Waals surface area (Å²) in [7, 11) is 0. The third kappa shape index (κ3) is 3.64. The Hall–Kier alpha value is -1.74. The quantitative estimate of drug-likeness (QED) is 0.832. The average Bonchev–Trinajstić information content (AvgIpc) is 3.16. The van der Waals surface area contributed by atoms with Gasteiger partial charge in [0.2, 0.25) is 0 Å². The van der Waals surface area contributed by atoms with Crippen LogP contribution in [-0.4, -0.2) is 24.0 Å². The maximum absolute atomic E-state index is 5.46. The van der Waals surface area contributed by atoms with Gasteiger partial charge in [-0.3, -0.25) is 4.90 Å². The molecule has 1 fully saturated rings. The lowest BCUT2D eigenvalue weighted by Crippen LogP contribution is -2.30. The van der Waals surface area contributed by atoms with Gasteiger partial charge in [-0.2, -0.15) is 0 Å². The van der Waals surface area contributed by atoms with Crippen LogP contribution in [0, 0.1) is 6.92 Å². The average molecular weight is 270 g/mol.